The zero-order chi connectivity index (χ0) is 14.5. The summed E-state index contributed by atoms with van der Waals surface area (Å²) in [6, 6.07) is 13.3. The van der Waals surface area contributed by atoms with Crippen LogP contribution < -0.4 is 4.74 Å². The molecule has 0 unspecified atom stereocenters. The third-order valence-corrected chi connectivity index (χ3v) is 3.51. The number of carbonyl (C=O) groups is 1. The first-order valence-electron chi connectivity index (χ1n) is 6.52. The molecule has 0 radical (unpaired) electrons. The van der Waals surface area contributed by atoms with Gasteiger partial charge in [0.15, 0.2) is 5.78 Å². The van der Waals surface area contributed by atoms with E-state index in [9.17, 15) is 4.79 Å². The van der Waals surface area contributed by atoms with Crippen molar-refractivity contribution in [3.8, 4) is 5.75 Å². The Balaban J connectivity index is 2.05. The van der Waals surface area contributed by atoms with Crippen molar-refractivity contribution in [3.05, 3.63) is 64.2 Å². The van der Waals surface area contributed by atoms with Gasteiger partial charge in [-0.15, -0.1) is 0 Å². The number of hydrogen-bond donors (Lipinski definition) is 0. The summed E-state index contributed by atoms with van der Waals surface area (Å²) >= 11 is 5.96. The van der Waals surface area contributed by atoms with E-state index in [-0.39, 0.29) is 5.78 Å². The maximum Gasteiger partial charge on any atom is 0.163 e. The highest BCUT2D eigenvalue weighted by molar-refractivity contribution is 6.32. The fourth-order valence-electron chi connectivity index (χ4n) is 2.10. The molecule has 0 fully saturated rings. The first-order valence-corrected chi connectivity index (χ1v) is 6.90. The van der Waals surface area contributed by atoms with Crippen LogP contribution in [0.15, 0.2) is 42.5 Å². The summed E-state index contributed by atoms with van der Waals surface area (Å²) in [6.45, 7) is 2.05. The lowest BCUT2D eigenvalue weighted by atomic mass is 10.0. The molecule has 0 heterocycles. The van der Waals surface area contributed by atoms with Crippen LogP contribution in [0.1, 0.15) is 27.9 Å². The van der Waals surface area contributed by atoms with Crippen molar-refractivity contribution < 1.29 is 9.53 Å². The molecule has 0 bridgehead atoms. The van der Waals surface area contributed by atoms with E-state index in [4.69, 9.17) is 16.3 Å². The Kier molecular flexibility index (Phi) is 4.80. The summed E-state index contributed by atoms with van der Waals surface area (Å²) in [7, 11) is 1.54. The van der Waals surface area contributed by atoms with Gasteiger partial charge in [0, 0.05) is 12.0 Å². The van der Waals surface area contributed by atoms with Crippen LogP contribution in [-0.2, 0) is 6.42 Å². The van der Waals surface area contributed by atoms with Crippen LogP contribution in [0.25, 0.3) is 0 Å². The molecule has 2 aromatic rings. The molecule has 0 aromatic heterocycles. The Labute approximate surface area is 124 Å². The van der Waals surface area contributed by atoms with Crippen LogP contribution in [-0.4, -0.2) is 12.9 Å². The Hall–Kier alpha value is -1.80. The summed E-state index contributed by atoms with van der Waals surface area (Å²) in [5.74, 6) is 0.634. The standard InChI is InChI=1S/C17H17ClO2/c1-12-4-3-5-13(10-12)6-9-16(19)14-7-8-15(18)17(11-14)20-2/h3-5,7-8,10-11H,6,9H2,1-2H3. The number of aryl methyl sites for hydroxylation is 2. The van der Waals surface area contributed by atoms with Crippen LogP contribution >= 0.6 is 11.6 Å². The molecule has 0 spiro atoms. The number of carbonyl (C=O) groups excluding carboxylic acids is 1. The highest BCUT2D eigenvalue weighted by Crippen LogP contribution is 2.25. The summed E-state index contributed by atoms with van der Waals surface area (Å²) in [5.41, 5.74) is 3.03. The van der Waals surface area contributed by atoms with E-state index in [1.807, 2.05) is 12.1 Å². The van der Waals surface area contributed by atoms with Crippen molar-refractivity contribution in [3.63, 3.8) is 0 Å². The molecule has 0 atom stereocenters. The Morgan fingerprint density at radius 3 is 2.70 bits per heavy atom. The van der Waals surface area contributed by atoms with Crippen molar-refractivity contribution in [2.45, 2.75) is 19.8 Å². The Morgan fingerprint density at radius 2 is 2.00 bits per heavy atom. The van der Waals surface area contributed by atoms with Crippen molar-refractivity contribution >= 4 is 17.4 Å². The number of halogens is 1. The fraction of sp³-hybridized carbons (Fsp3) is 0.235. The second-order valence-electron chi connectivity index (χ2n) is 4.76. The van der Waals surface area contributed by atoms with E-state index >= 15 is 0 Å². The number of ketones is 1. The fourth-order valence-corrected chi connectivity index (χ4v) is 2.30. The first-order chi connectivity index (χ1) is 9.60. The minimum Gasteiger partial charge on any atom is -0.495 e. The highest BCUT2D eigenvalue weighted by Gasteiger charge is 2.09. The highest BCUT2D eigenvalue weighted by atomic mass is 35.5. The van der Waals surface area contributed by atoms with Crippen LogP contribution in [0, 0.1) is 6.92 Å². The van der Waals surface area contributed by atoms with Gasteiger partial charge in [-0.2, -0.15) is 0 Å². The molecule has 0 saturated heterocycles. The molecular weight excluding hydrogens is 272 g/mol. The van der Waals surface area contributed by atoms with Crippen LogP contribution in [0.2, 0.25) is 5.02 Å². The normalized spacial score (nSPS) is 10.3. The van der Waals surface area contributed by atoms with E-state index in [0.29, 0.717) is 22.8 Å². The van der Waals surface area contributed by atoms with Crippen molar-refractivity contribution in [1.82, 2.24) is 0 Å². The van der Waals surface area contributed by atoms with Crippen molar-refractivity contribution in [1.29, 1.82) is 0 Å². The molecule has 3 heteroatoms. The molecule has 0 aliphatic heterocycles. The Morgan fingerprint density at radius 1 is 1.20 bits per heavy atom. The zero-order valence-electron chi connectivity index (χ0n) is 11.7. The Bertz CT molecular complexity index is 620. The topological polar surface area (TPSA) is 26.3 Å². The van der Waals surface area contributed by atoms with Gasteiger partial charge in [0.05, 0.1) is 12.1 Å². The van der Waals surface area contributed by atoms with Crippen molar-refractivity contribution in [2.24, 2.45) is 0 Å². The van der Waals surface area contributed by atoms with Gasteiger partial charge in [0.2, 0.25) is 0 Å². The van der Waals surface area contributed by atoms with Gasteiger partial charge in [-0.3, -0.25) is 4.79 Å². The third-order valence-electron chi connectivity index (χ3n) is 3.20. The van der Waals surface area contributed by atoms with Gasteiger partial charge < -0.3 is 4.74 Å². The second-order valence-corrected chi connectivity index (χ2v) is 5.17. The summed E-state index contributed by atoms with van der Waals surface area (Å²) in [4.78, 5) is 12.2. The average molecular weight is 289 g/mol. The molecular formula is C17H17ClO2. The second kappa shape index (κ2) is 6.58. The van der Waals surface area contributed by atoms with E-state index in [1.54, 1.807) is 25.3 Å². The van der Waals surface area contributed by atoms with E-state index in [1.165, 1.54) is 11.1 Å². The predicted molar refractivity (Wildman–Crippen MR) is 81.8 cm³/mol. The quantitative estimate of drug-likeness (QED) is 0.759. The van der Waals surface area contributed by atoms with Crippen LogP contribution in [0.4, 0.5) is 0 Å². The molecule has 0 N–H and O–H groups in total. The molecule has 2 aromatic carbocycles. The van der Waals surface area contributed by atoms with Crippen LogP contribution in [0.3, 0.4) is 0 Å². The number of methoxy groups -OCH3 is 1. The van der Waals surface area contributed by atoms with Gasteiger partial charge >= 0.3 is 0 Å². The summed E-state index contributed by atoms with van der Waals surface area (Å²) < 4.78 is 5.13. The van der Waals surface area contributed by atoms with Gasteiger partial charge in [-0.1, -0.05) is 41.4 Å². The average Bonchev–Trinajstić information content (AvgIpc) is 2.45. The van der Waals surface area contributed by atoms with E-state index in [0.717, 1.165) is 6.42 Å². The largest absolute Gasteiger partial charge is 0.495 e. The lowest BCUT2D eigenvalue weighted by Crippen LogP contribution is -2.02. The SMILES string of the molecule is COc1cc(C(=O)CCc2cccc(C)c2)ccc1Cl. The van der Waals surface area contributed by atoms with E-state index < -0.39 is 0 Å². The number of rotatable bonds is 5. The first kappa shape index (κ1) is 14.6. The monoisotopic (exact) mass is 288 g/mol. The van der Waals surface area contributed by atoms with Crippen LogP contribution in [0.5, 0.6) is 5.75 Å². The maximum atomic E-state index is 12.2. The summed E-state index contributed by atoms with van der Waals surface area (Å²) in [5, 5.41) is 0.516. The number of hydrogen-bond acceptors (Lipinski definition) is 2. The molecule has 0 aliphatic carbocycles. The predicted octanol–water partition coefficient (Wildman–Crippen LogP) is 4.47. The lowest BCUT2D eigenvalue weighted by molar-refractivity contribution is 0.0982. The maximum absolute atomic E-state index is 12.2. The lowest BCUT2D eigenvalue weighted by Gasteiger charge is -2.06. The molecule has 2 rings (SSSR count). The summed E-state index contributed by atoms with van der Waals surface area (Å²) in [6.07, 6.45) is 1.22. The smallest absolute Gasteiger partial charge is 0.163 e. The molecule has 0 saturated carbocycles. The van der Waals surface area contributed by atoms with E-state index in [2.05, 4.69) is 19.1 Å². The number of benzene rings is 2. The number of Topliss-reactive ketones (excluding diaryl/α,β-unsaturated/α-hetero) is 1. The molecule has 104 valence electrons. The molecule has 2 nitrogen and oxygen atoms in total. The van der Waals surface area contributed by atoms with Crippen molar-refractivity contribution in [2.75, 3.05) is 7.11 Å². The third kappa shape index (κ3) is 3.61. The van der Waals surface area contributed by atoms with Gasteiger partial charge in [0.25, 0.3) is 0 Å². The van der Waals surface area contributed by atoms with Gasteiger partial charge in [-0.05, 0) is 37.1 Å². The van der Waals surface area contributed by atoms with Gasteiger partial charge in [0.1, 0.15) is 5.75 Å². The number of ether oxygens (including phenoxy) is 1. The van der Waals surface area contributed by atoms with Gasteiger partial charge in [-0.25, -0.2) is 0 Å². The molecule has 0 amide bonds. The molecule has 20 heavy (non-hydrogen) atoms. The minimum atomic E-state index is 0.0986. The zero-order valence-corrected chi connectivity index (χ0v) is 12.4. The minimum absolute atomic E-state index is 0.0986. The molecule has 0 aliphatic rings.